The molecule has 0 bridgehead atoms. The highest BCUT2D eigenvalue weighted by atomic mass is 16.5. The number of carboxylic acids is 1. The summed E-state index contributed by atoms with van der Waals surface area (Å²) in [6.07, 6.45) is -2.93. The number of amides is 1. The molecule has 0 spiro atoms. The summed E-state index contributed by atoms with van der Waals surface area (Å²) in [6.45, 7) is 5.37. The van der Waals surface area contributed by atoms with E-state index in [0.29, 0.717) is 18.8 Å². The molecule has 0 saturated heterocycles. The van der Waals surface area contributed by atoms with Gasteiger partial charge in [-0.05, 0) is 18.4 Å². The fourth-order valence-corrected chi connectivity index (χ4v) is 2.36. The second-order valence-corrected chi connectivity index (χ2v) is 6.56. The molecule has 1 amide bonds. The number of hydrogen-bond donors (Lipinski definition) is 5. The Kier molecular flexibility index (Phi) is 7.65. The zero-order chi connectivity index (χ0) is 18.4. The van der Waals surface area contributed by atoms with E-state index in [1.54, 1.807) is 6.92 Å². The SMILES string of the molecule is CC(C)CCC(=O)NCC(O)C(O)C1OC(C(=O)O)=C[C@@H](O)[C@H]1C. The maximum absolute atomic E-state index is 11.6. The van der Waals surface area contributed by atoms with E-state index >= 15 is 0 Å². The summed E-state index contributed by atoms with van der Waals surface area (Å²) in [5.41, 5.74) is 0. The lowest BCUT2D eigenvalue weighted by atomic mass is 9.89. The van der Waals surface area contributed by atoms with Crippen molar-refractivity contribution in [3.8, 4) is 0 Å². The third-order valence-corrected chi connectivity index (χ3v) is 4.04. The first kappa shape index (κ1) is 20.4. The number of hydrogen-bond acceptors (Lipinski definition) is 6. The van der Waals surface area contributed by atoms with Crippen LogP contribution in [0.1, 0.15) is 33.6 Å². The largest absolute Gasteiger partial charge is 0.480 e. The monoisotopic (exact) mass is 345 g/mol. The Labute approximate surface area is 141 Å². The molecule has 1 heterocycles. The van der Waals surface area contributed by atoms with Gasteiger partial charge in [0.25, 0.3) is 0 Å². The maximum atomic E-state index is 11.6. The predicted molar refractivity (Wildman–Crippen MR) is 84.9 cm³/mol. The molecule has 5 atom stereocenters. The molecule has 1 aliphatic heterocycles. The van der Waals surface area contributed by atoms with Crippen molar-refractivity contribution in [1.82, 2.24) is 5.32 Å². The minimum absolute atomic E-state index is 0.188. The van der Waals surface area contributed by atoms with Gasteiger partial charge >= 0.3 is 5.97 Å². The van der Waals surface area contributed by atoms with E-state index in [4.69, 9.17) is 9.84 Å². The Bertz CT molecular complexity index is 477. The third kappa shape index (κ3) is 5.77. The van der Waals surface area contributed by atoms with Crippen LogP contribution >= 0.6 is 0 Å². The van der Waals surface area contributed by atoms with E-state index in [1.165, 1.54) is 0 Å². The Balaban J connectivity index is 2.58. The highest BCUT2D eigenvalue weighted by Crippen LogP contribution is 2.27. The number of aliphatic hydroxyl groups is 3. The van der Waals surface area contributed by atoms with Crippen LogP contribution in [-0.4, -0.2) is 63.3 Å². The molecule has 0 saturated carbocycles. The van der Waals surface area contributed by atoms with E-state index in [0.717, 1.165) is 6.08 Å². The Morgan fingerprint density at radius 2 is 1.96 bits per heavy atom. The summed E-state index contributed by atoms with van der Waals surface area (Å²) in [7, 11) is 0. The number of rotatable bonds is 8. The van der Waals surface area contributed by atoms with Crippen molar-refractivity contribution >= 4 is 11.9 Å². The molecule has 8 heteroatoms. The number of carbonyl (C=O) groups is 2. The second-order valence-electron chi connectivity index (χ2n) is 6.56. The molecule has 0 fully saturated rings. The number of aliphatic hydroxyl groups excluding tert-OH is 3. The zero-order valence-corrected chi connectivity index (χ0v) is 14.2. The second kappa shape index (κ2) is 9.00. The van der Waals surface area contributed by atoms with Crippen LogP contribution in [0, 0.1) is 11.8 Å². The van der Waals surface area contributed by atoms with Gasteiger partial charge in [0.1, 0.15) is 18.3 Å². The van der Waals surface area contributed by atoms with E-state index in [-0.39, 0.29) is 12.5 Å². The van der Waals surface area contributed by atoms with Gasteiger partial charge in [-0.15, -0.1) is 0 Å². The quantitative estimate of drug-likeness (QED) is 0.405. The van der Waals surface area contributed by atoms with Crippen molar-refractivity contribution in [2.75, 3.05) is 6.54 Å². The lowest BCUT2D eigenvalue weighted by Gasteiger charge is -2.36. The van der Waals surface area contributed by atoms with Gasteiger partial charge in [-0.2, -0.15) is 0 Å². The molecule has 5 N–H and O–H groups in total. The van der Waals surface area contributed by atoms with Crippen LogP contribution < -0.4 is 5.32 Å². The Morgan fingerprint density at radius 3 is 2.50 bits per heavy atom. The Morgan fingerprint density at radius 1 is 1.33 bits per heavy atom. The van der Waals surface area contributed by atoms with Crippen LogP contribution in [-0.2, 0) is 14.3 Å². The van der Waals surface area contributed by atoms with Gasteiger partial charge in [0, 0.05) is 18.9 Å². The van der Waals surface area contributed by atoms with Crippen molar-refractivity contribution in [1.29, 1.82) is 0 Å². The van der Waals surface area contributed by atoms with Crippen LogP contribution in [0.4, 0.5) is 0 Å². The number of aliphatic carboxylic acids is 1. The van der Waals surface area contributed by atoms with Gasteiger partial charge in [0.15, 0.2) is 0 Å². The van der Waals surface area contributed by atoms with Crippen LogP contribution in [0.2, 0.25) is 0 Å². The van der Waals surface area contributed by atoms with Crippen LogP contribution in [0.5, 0.6) is 0 Å². The third-order valence-electron chi connectivity index (χ3n) is 4.04. The first-order valence-electron chi connectivity index (χ1n) is 8.06. The smallest absolute Gasteiger partial charge is 0.370 e. The molecule has 0 aromatic heterocycles. The molecule has 0 aromatic carbocycles. The molecule has 3 unspecified atom stereocenters. The highest BCUT2D eigenvalue weighted by molar-refractivity contribution is 5.84. The zero-order valence-electron chi connectivity index (χ0n) is 14.2. The molecule has 1 rings (SSSR count). The first-order valence-corrected chi connectivity index (χ1v) is 8.06. The maximum Gasteiger partial charge on any atom is 0.370 e. The summed E-state index contributed by atoms with van der Waals surface area (Å²) in [6, 6.07) is 0. The minimum atomic E-state index is -1.46. The molecule has 0 aliphatic carbocycles. The molecular formula is C16H27NO7. The molecule has 0 radical (unpaired) electrons. The van der Waals surface area contributed by atoms with Crippen molar-refractivity contribution in [3.05, 3.63) is 11.8 Å². The highest BCUT2D eigenvalue weighted by Gasteiger charge is 2.40. The minimum Gasteiger partial charge on any atom is -0.480 e. The van der Waals surface area contributed by atoms with Crippen LogP contribution in [0.3, 0.4) is 0 Å². The van der Waals surface area contributed by atoms with Crippen molar-refractivity contribution in [2.24, 2.45) is 11.8 Å². The number of ether oxygens (including phenoxy) is 1. The topological polar surface area (TPSA) is 136 Å². The Hall–Kier alpha value is -1.64. The van der Waals surface area contributed by atoms with Crippen LogP contribution in [0.15, 0.2) is 11.8 Å². The van der Waals surface area contributed by atoms with Gasteiger partial charge in [0.05, 0.1) is 6.10 Å². The van der Waals surface area contributed by atoms with Crippen molar-refractivity contribution in [3.63, 3.8) is 0 Å². The van der Waals surface area contributed by atoms with Gasteiger partial charge in [-0.25, -0.2) is 4.79 Å². The lowest BCUT2D eigenvalue weighted by molar-refractivity contribution is -0.149. The average Bonchev–Trinajstić information content (AvgIpc) is 2.51. The van der Waals surface area contributed by atoms with Gasteiger partial charge in [-0.1, -0.05) is 20.8 Å². The van der Waals surface area contributed by atoms with Crippen molar-refractivity contribution in [2.45, 2.75) is 58.0 Å². The van der Waals surface area contributed by atoms with Gasteiger partial charge < -0.3 is 30.5 Å². The number of carbonyl (C=O) groups excluding carboxylic acids is 1. The first-order chi connectivity index (χ1) is 11.1. The van der Waals surface area contributed by atoms with E-state index < -0.39 is 42.1 Å². The van der Waals surface area contributed by atoms with Crippen molar-refractivity contribution < 1.29 is 34.8 Å². The van der Waals surface area contributed by atoms with Gasteiger partial charge in [0.2, 0.25) is 11.7 Å². The molecule has 0 aromatic rings. The van der Waals surface area contributed by atoms with E-state index in [1.807, 2.05) is 13.8 Å². The number of carboxylic acid groups (broad SMARTS) is 1. The molecular weight excluding hydrogens is 318 g/mol. The normalized spacial score (nSPS) is 26.3. The van der Waals surface area contributed by atoms with Crippen LogP contribution in [0.25, 0.3) is 0 Å². The summed E-state index contributed by atoms with van der Waals surface area (Å²) in [4.78, 5) is 22.6. The fourth-order valence-electron chi connectivity index (χ4n) is 2.36. The summed E-state index contributed by atoms with van der Waals surface area (Å²) < 4.78 is 5.18. The predicted octanol–water partition coefficient (Wildman–Crippen LogP) is -0.375. The van der Waals surface area contributed by atoms with Gasteiger partial charge in [-0.3, -0.25) is 4.79 Å². The average molecular weight is 345 g/mol. The molecule has 138 valence electrons. The van der Waals surface area contributed by atoms with E-state index in [2.05, 4.69) is 5.32 Å². The summed E-state index contributed by atoms with van der Waals surface area (Å²) in [5, 5.41) is 41.6. The summed E-state index contributed by atoms with van der Waals surface area (Å²) in [5.74, 6) is -2.31. The molecule has 1 aliphatic rings. The number of nitrogens with one attached hydrogen (secondary N) is 1. The molecule has 24 heavy (non-hydrogen) atoms. The lowest BCUT2D eigenvalue weighted by Crippen LogP contribution is -2.51. The standard InChI is InChI=1S/C16H27NO7/c1-8(2)4-5-13(20)17-7-11(19)14(21)15-9(3)10(18)6-12(24-15)16(22)23/h6,8-11,14-15,18-19,21H,4-5,7H2,1-3H3,(H,17,20)(H,22,23)/t9-,10-,11?,14?,15?/m1/s1. The molecule has 8 nitrogen and oxygen atoms in total. The van der Waals surface area contributed by atoms with E-state index in [9.17, 15) is 24.9 Å². The fraction of sp³-hybridized carbons (Fsp3) is 0.750. The summed E-state index contributed by atoms with van der Waals surface area (Å²) >= 11 is 0.